The fourth-order valence-corrected chi connectivity index (χ4v) is 11.7. The van der Waals surface area contributed by atoms with Gasteiger partial charge in [0.05, 0.1) is 44.5 Å². The molecule has 5 heterocycles. The Kier molecular flexibility index (Phi) is 9.61. The van der Waals surface area contributed by atoms with Gasteiger partial charge in [-0.2, -0.15) is 0 Å². The highest BCUT2D eigenvalue weighted by Crippen LogP contribution is 2.47. The molecule has 0 unspecified atom stereocenters. The first-order valence-electron chi connectivity index (χ1n) is 25.6. The minimum atomic E-state index is -0.215. The van der Waals surface area contributed by atoms with E-state index in [-0.39, 0.29) is 10.8 Å². The topological polar surface area (TPSA) is 40.8 Å². The maximum Gasteiger partial charge on any atom is 0.269 e. The van der Waals surface area contributed by atoms with E-state index in [0.717, 1.165) is 78.5 Å². The molecule has 4 aromatic heterocycles. The highest BCUT2D eigenvalue weighted by atomic mass is 16.5. The summed E-state index contributed by atoms with van der Waals surface area (Å²) in [6, 6.07) is 74.7. The molecule has 356 valence electrons. The van der Waals surface area contributed by atoms with Gasteiger partial charge in [0.1, 0.15) is 17.3 Å². The number of pyridine rings is 1. The van der Waals surface area contributed by atoms with Gasteiger partial charge in [-0.25, -0.2) is 4.98 Å². The number of hydrogen-bond acceptors (Lipinski definition) is 2. The van der Waals surface area contributed by atoms with E-state index in [4.69, 9.17) is 9.72 Å². The Bertz CT molecular complexity index is 4380. The molecule has 74 heavy (non-hydrogen) atoms. The molecule has 0 N–H and O–H groups in total. The summed E-state index contributed by atoms with van der Waals surface area (Å²) in [5.41, 5.74) is 19.0. The first-order chi connectivity index (χ1) is 36.0. The quantitative estimate of drug-likeness (QED) is 0.127. The average molecular weight is 956 g/mol. The second-order valence-electron chi connectivity index (χ2n) is 21.8. The number of aromatic nitrogens is 5. The van der Waals surface area contributed by atoms with Crippen LogP contribution < -0.4 is 9.30 Å². The zero-order chi connectivity index (χ0) is 50.0. The smallest absolute Gasteiger partial charge is 0.269 e. The van der Waals surface area contributed by atoms with Crippen molar-refractivity contribution in [2.45, 2.75) is 52.4 Å². The lowest BCUT2D eigenvalue weighted by molar-refractivity contribution is -0.572. The van der Waals surface area contributed by atoms with Crippen molar-refractivity contribution in [3.63, 3.8) is 0 Å². The predicted molar refractivity (Wildman–Crippen MR) is 304 cm³/mol. The van der Waals surface area contributed by atoms with Crippen molar-refractivity contribution in [1.82, 2.24) is 18.7 Å². The fraction of sp³-hybridized carbons (Fsp3) is 0.118. The second kappa shape index (κ2) is 16.3. The van der Waals surface area contributed by atoms with Gasteiger partial charge in [-0.15, -0.1) is 0 Å². The third kappa shape index (κ3) is 6.78. The molecule has 1 aliphatic rings. The summed E-state index contributed by atoms with van der Waals surface area (Å²) in [7, 11) is 0. The van der Waals surface area contributed by atoms with Gasteiger partial charge >= 0.3 is 0 Å². The van der Waals surface area contributed by atoms with Crippen molar-refractivity contribution in [1.29, 1.82) is 0 Å². The summed E-state index contributed by atoms with van der Waals surface area (Å²) in [6.45, 7) is 13.7. The Hall–Kier alpha value is -9.00. The van der Waals surface area contributed by atoms with Gasteiger partial charge in [0.25, 0.3) is 6.33 Å². The standard InChI is InChI=1S/C68H53N5O/c1-67(2,3)43-36-37-69-64(38-43)73-61-30-14-11-24-53(61)54-35-33-47(41-63(54)73)74-46-19-15-18-44(39-46)70-42-71-65-56(25-16-27-58(65)68(4,5)6)57-40-45(72-59-28-12-9-22-51(59)52-23-10-13-29-60(52)72)32-34-50(57)48-20-7-8-21-49(48)55-26-17-31-62(70)66(55)71/h7-41H,1-6H3. The minimum Gasteiger partial charge on any atom is -0.458 e. The third-order valence-electron chi connectivity index (χ3n) is 15.2. The first kappa shape index (κ1) is 43.8. The van der Waals surface area contributed by atoms with E-state index >= 15 is 0 Å². The molecular formula is C68H53N5O. The van der Waals surface area contributed by atoms with E-state index in [1.54, 1.807) is 0 Å². The molecular weight excluding hydrogens is 903 g/mol. The van der Waals surface area contributed by atoms with E-state index in [1.165, 1.54) is 55.0 Å². The van der Waals surface area contributed by atoms with E-state index in [1.807, 2.05) is 12.3 Å². The lowest BCUT2D eigenvalue weighted by atomic mass is 9.82. The molecule has 14 rings (SSSR count). The van der Waals surface area contributed by atoms with Crippen LogP contribution in [0.5, 0.6) is 11.5 Å². The number of fused-ring (bicyclic) bond motifs is 13. The fourth-order valence-electron chi connectivity index (χ4n) is 11.7. The number of imidazole rings is 1. The monoisotopic (exact) mass is 955 g/mol. The summed E-state index contributed by atoms with van der Waals surface area (Å²) in [5, 5.41) is 4.80. The molecule has 9 aromatic carbocycles. The zero-order valence-corrected chi connectivity index (χ0v) is 42.4. The molecule has 0 bridgehead atoms. The van der Waals surface area contributed by atoms with Crippen LogP contribution in [-0.4, -0.2) is 18.7 Å². The van der Waals surface area contributed by atoms with Crippen LogP contribution in [0.1, 0.15) is 52.7 Å². The van der Waals surface area contributed by atoms with Gasteiger partial charge in [0.15, 0.2) is 0 Å². The molecule has 0 aliphatic carbocycles. The summed E-state index contributed by atoms with van der Waals surface area (Å²) >= 11 is 0. The summed E-state index contributed by atoms with van der Waals surface area (Å²) in [4.78, 5) is 4.92. The summed E-state index contributed by atoms with van der Waals surface area (Å²) in [5.74, 6) is 2.35. The van der Waals surface area contributed by atoms with Gasteiger partial charge in [0, 0.05) is 39.5 Å². The highest BCUT2D eigenvalue weighted by molar-refractivity contribution is 6.11. The maximum absolute atomic E-state index is 6.88. The van der Waals surface area contributed by atoms with Gasteiger partial charge in [-0.05, 0) is 128 Å². The molecule has 0 saturated heterocycles. The average Bonchev–Trinajstić information content (AvgIpc) is 4.10. The Morgan fingerprint density at radius 1 is 0.419 bits per heavy atom. The lowest BCUT2D eigenvalue weighted by Gasteiger charge is -2.26. The van der Waals surface area contributed by atoms with E-state index < -0.39 is 0 Å². The van der Waals surface area contributed by atoms with Crippen LogP contribution in [0, 0.1) is 6.33 Å². The molecule has 1 aliphatic heterocycles. The molecule has 0 atom stereocenters. The Morgan fingerprint density at radius 3 is 1.72 bits per heavy atom. The van der Waals surface area contributed by atoms with Gasteiger partial charge in [0.2, 0.25) is 0 Å². The number of para-hydroxylation sites is 5. The Balaban J connectivity index is 0.954. The van der Waals surface area contributed by atoms with E-state index in [2.05, 4.69) is 266 Å². The van der Waals surface area contributed by atoms with Gasteiger partial charge in [-0.3, -0.25) is 13.7 Å². The summed E-state index contributed by atoms with van der Waals surface area (Å²) < 4.78 is 16.1. The van der Waals surface area contributed by atoms with Crippen molar-refractivity contribution in [3.8, 4) is 67.8 Å². The van der Waals surface area contributed by atoms with E-state index in [0.29, 0.717) is 0 Å². The predicted octanol–water partition coefficient (Wildman–Crippen LogP) is 17.0. The third-order valence-corrected chi connectivity index (χ3v) is 15.2. The zero-order valence-electron chi connectivity index (χ0n) is 42.4. The molecule has 0 spiro atoms. The Labute approximate surface area is 430 Å². The van der Waals surface area contributed by atoms with Crippen LogP contribution in [0.4, 0.5) is 0 Å². The van der Waals surface area contributed by atoms with Crippen molar-refractivity contribution in [2.24, 2.45) is 0 Å². The minimum absolute atomic E-state index is 0.0258. The normalized spacial score (nSPS) is 12.5. The van der Waals surface area contributed by atoms with E-state index in [9.17, 15) is 0 Å². The molecule has 0 radical (unpaired) electrons. The number of benzene rings is 9. The van der Waals surface area contributed by atoms with Crippen LogP contribution in [0.15, 0.2) is 212 Å². The van der Waals surface area contributed by atoms with Crippen LogP contribution in [0.2, 0.25) is 0 Å². The number of ether oxygens (including phenoxy) is 1. The van der Waals surface area contributed by atoms with Gasteiger partial charge in [-0.1, -0.05) is 169 Å². The molecule has 0 amide bonds. The highest BCUT2D eigenvalue weighted by Gasteiger charge is 2.30. The van der Waals surface area contributed by atoms with Crippen LogP contribution in [0.3, 0.4) is 0 Å². The second-order valence-corrected chi connectivity index (χ2v) is 21.8. The largest absolute Gasteiger partial charge is 0.458 e. The van der Waals surface area contributed by atoms with Crippen molar-refractivity contribution >= 4 is 54.6 Å². The molecule has 6 heteroatoms. The van der Waals surface area contributed by atoms with Crippen LogP contribution >= 0.6 is 0 Å². The first-order valence-corrected chi connectivity index (χ1v) is 25.6. The van der Waals surface area contributed by atoms with Crippen molar-refractivity contribution in [2.75, 3.05) is 0 Å². The molecule has 13 aromatic rings. The van der Waals surface area contributed by atoms with Crippen LogP contribution in [0.25, 0.3) is 111 Å². The maximum atomic E-state index is 6.88. The lowest BCUT2D eigenvalue weighted by Crippen LogP contribution is -2.35. The molecule has 0 fully saturated rings. The molecule has 0 saturated carbocycles. The SMILES string of the molecule is CC(C)(C)c1ccnc(-n2c3ccccc3c3ccc(Oc4cccc(-n5[c-][n+]6c7c(cccc75)-c5ccccc5-c5ccc(-n7c8ccccc8c8ccccc87)cc5-c5cccc(C(C)(C)C)c5-6)c4)cc32)c1. The number of rotatable bonds is 5. The van der Waals surface area contributed by atoms with Gasteiger partial charge < -0.3 is 9.30 Å². The van der Waals surface area contributed by atoms with Crippen LogP contribution in [-0.2, 0) is 10.8 Å². The summed E-state index contributed by atoms with van der Waals surface area (Å²) in [6.07, 6.45) is 5.92. The van der Waals surface area contributed by atoms with Crippen molar-refractivity contribution < 1.29 is 9.30 Å². The molecule has 6 nitrogen and oxygen atoms in total. The number of hydrogen-bond donors (Lipinski definition) is 0. The Morgan fingerprint density at radius 2 is 1.00 bits per heavy atom. The van der Waals surface area contributed by atoms with Crippen molar-refractivity contribution in [3.05, 3.63) is 230 Å². The number of nitrogens with zero attached hydrogens (tertiary/aromatic N) is 5.